The number of benzene rings is 1. The molecule has 64 heavy (non-hydrogen) atoms. The molecule has 22 heteroatoms. The number of ketones is 2. The summed E-state index contributed by atoms with van der Waals surface area (Å²) in [6.45, 7) is 6.08. The zero-order valence-electron chi connectivity index (χ0n) is 36.3. The summed E-state index contributed by atoms with van der Waals surface area (Å²) in [6.07, 6.45) is -5.81. The normalized spacial score (nSPS) is 41.2. The Morgan fingerprint density at radius 2 is 1.58 bits per heavy atom. The first-order valence-electron chi connectivity index (χ1n) is 21.0. The van der Waals surface area contributed by atoms with Crippen molar-refractivity contribution in [2.75, 3.05) is 41.3 Å². The van der Waals surface area contributed by atoms with Crippen LogP contribution in [0.4, 0.5) is 0 Å². The zero-order chi connectivity index (χ0) is 47.5. The largest absolute Gasteiger partial charge is 0.510 e. The first kappa shape index (κ1) is 49.5. The van der Waals surface area contributed by atoms with Gasteiger partial charge in [0.05, 0.1) is 54.0 Å². The van der Waals surface area contributed by atoms with Crippen LogP contribution < -0.4 is 33.6 Å². The van der Waals surface area contributed by atoms with E-state index in [0.717, 1.165) is 12.8 Å². The lowest BCUT2D eigenvalue weighted by molar-refractivity contribution is -0.306. The van der Waals surface area contributed by atoms with Gasteiger partial charge in [-0.2, -0.15) is 0 Å². The molecular formula is C42H63N7O15. The van der Waals surface area contributed by atoms with Crippen molar-refractivity contribution in [3.05, 3.63) is 58.6 Å². The number of aromatic hydroxyl groups is 1. The van der Waals surface area contributed by atoms with Crippen molar-refractivity contribution >= 4 is 23.0 Å². The topological polar surface area (TPSA) is 381 Å². The Kier molecular flexibility index (Phi) is 14.5. The molecule has 2 aliphatic heterocycles. The number of nitrogens with zero attached hydrogens (tertiary/aromatic N) is 1. The summed E-state index contributed by atoms with van der Waals surface area (Å²) in [5, 5.41) is 93.0. The van der Waals surface area contributed by atoms with E-state index in [2.05, 4.69) is 17.2 Å². The molecule has 18 N–H and O–H groups in total. The van der Waals surface area contributed by atoms with Gasteiger partial charge < -0.3 is 93.4 Å². The van der Waals surface area contributed by atoms with E-state index in [4.69, 9.17) is 41.9 Å². The van der Waals surface area contributed by atoms with Crippen LogP contribution in [0.1, 0.15) is 42.1 Å². The van der Waals surface area contributed by atoms with Gasteiger partial charge in [0.1, 0.15) is 52.9 Å². The monoisotopic (exact) mass is 905 g/mol. The number of phenolic OH excluding ortho intramolecular Hbond substituents is 1. The quantitative estimate of drug-likeness (QED) is 0.105. The highest BCUT2D eigenvalue weighted by Crippen LogP contribution is 2.55. The van der Waals surface area contributed by atoms with Crippen LogP contribution >= 0.6 is 0 Å². The zero-order valence-corrected chi connectivity index (χ0v) is 36.3. The van der Waals surface area contributed by atoms with Crippen molar-refractivity contribution in [3.63, 3.8) is 0 Å². The molecule has 17 atom stereocenters. The van der Waals surface area contributed by atoms with E-state index < -0.39 is 136 Å². The van der Waals surface area contributed by atoms with Crippen LogP contribution in [0.2, 0.25) is 0 Å². The number of ether oxygens (including phenoxy) is 4. The number of Topliss-reactive ketones (excluding diaryl/α,β-unsaturated/α-hetero) is 2. The lowest BCUT2D eigenvalue weighted by Gasteiger charge is -2.52. The second-order valence-electron chi connectivity index (χ2n) is 17.9. The SMILES string of the molecule is C=C1c2cccc(O)c2C(=O)C2=C(O)[C@]3(O)C(=O)C(C(N)=O)=C(O)[C@@H](N(C)C)[C@@H]3[C@@H](O)[C@H]12.CNC[C@@H]1CC[C@@H](N)[C@@H](O[C@H]2[C@H](O)[C@@H](O[C@H]3OC[C@](C)(O)[C@H](NC)[C@H]3O)[C@H](N)C[C@@H]2N)O1. The molecule has 0 aromatic heterocycles. The van der Waals surface area contributed by atoms with Gasteiger partial charge in [0.15, 0.2) is 24.0 Å². The van der Waals surface area contributed by atoms with Gasteiger partial charge in [-0.25, -0.2) is 0 Å². The molecular weight excluding hydrogens is 842 g/mol. The summed E-state index contributed by atoms with van der Waals surface area (Å²) < 4.78 is 23.5. The molecule has 1 aromatic carbocycles. The highest BCUT2D eigenvalue weighted by molar-refractivity contribution is 6.25. The van der Waals surface area contributed by atoms with Gasteiger partial charge in [-0.3, -0.25) is 19.3 Å². The Hall–Kier alpha value is -3.95. The second-order valence-corrected chi connectivity index (χ2v) is 17.9. The smallest absolute Gasteiger partial charge is 0.255 e. The van der Waals surface area contributed by atoms with Gasteiger partial charge in [0.25, 0.3) is 5.91 Å². The number of nitrogens with two attached hydrogens (primary N) is 4. The van der Waals surface area contributed by atoms with Crippen LogP contribution in [0.3, 0.4) is 0 Å². The molecule has 7 rings (SSSR count). The molecule has 0 unspecified atom stereocenters. The molecule has 1 amide bonds. The molecule has 0 radical (unpaired) electrons. The van der Waals surface area contributed by atoms with Gasteiger partial charge in [-0.1, -0.05) is 18.7 Å². The average molecular weight is 906 g/mol. The number of primary amides is 1. The number of nitrogens with one attached hydrogen (secondary N) is 2. The first-order chi connectivity index (χ1) is 30.0. The number of amides is 1. The Morgan fingerprint density at radius 3 is 2.16 bits per heavy atom. The predicted molar refractivity (Wildman–Crippen MR) is 226 cm³/mol. The van der Waals surface area contributed by atoms with Crippen molar-refractivity contribution in [1.29, 1.82) is 0 Å². The molecule has 0 spiro atoms. The number of aliphatic hydroxyl groups is 7. The average Bonchev–Trinajstić information content (AvgIpc) is 3.21. The van der Waals surface area contributed by atoms with Crippen LogP contribution in [-0.4, -0.2) is 195 Å². The molecule has 4 aliphatic carbocycles. The highest BCUT2D eigenvalue weighted by atomic mass is 16.7. The Bertz CT molecular complexity index is 2050. The fourth-order valence-corrected chi connectivity index (χ4v) is 10.1. The minimum Gasteiger partial charge on any atom is -0.510 e. The molecule has 1 aromatic rings. The third-order valence-corrected chi connectivity index (χ3v) is 13.3. The van der Waals surface area contributed by atoms with E-state index in [9.17, 15) is 55.2 Å². The lowest BCUT2D eigenvalue weighted by Crippen LogP contribution is -2.68. The summed E-state index contributed by atoms with van der Waals surface area (Å²) >= 11 is 0. The Morgan fingerprint density at radius 1 is 0.953 bits per heavy atom. The van der Waals surface area contributed by atoms with Gasteiger partial charge >= 0.3 is 0 Å². The first-order valence-corrected chi connectivity index (χ1v) is 21.0. The number of carbonyl (C=O) groups is 3. The van der Waals surface area contributed by atoms with Crippen LogP contribution in [0.5, 0.6) is 5.75 Å². The van der Waals surface area contributed by atoms with Crippen molar-refractivity contribution in [3.8, 4) is 5.75 Å². The van der Waals surface area contributed by atoms with E-state index in [-0.39, 0.29) is 35.5 Å². The minimum absolute atomic E-state index is 0.0480. The molecule has 22 nitrogen and oxygen atoms in total. The second kappa shape index (κ2) is 18.7. The molecule has 2 heterocycles. The maximum absolute atomic E-state index is 13.3. The van der Waals surface area contributed by atoms with Gasteiger partial charge in [-0.05, 0) is 71.6 Å². The molecule has 3 fully saturated rings. The Labute approximate surface area is 369 Å². The fourth-order valence-electron chi connectivity index (χ4n) is 10.1. The molecule has 0 bridgehead atoms. The van der Waals surface area contributed by atoms with Crippen LogP contribution in [0.15, 0.2) is 47.4 Å². The number of fused-ring (bicyclic) bond motifs is 3. The van der Waals surface area contributed by atoms with Gasteiger partial charge in [-0.15, -0.1) is 0 Å². The van der Waals surface area contributed by atoms with Crippen LogP contribution in [0.25, 0.3) is 5.57 Å². The fraction of sp³-hybridized carbons (Fsp3) is 0.643. The summed E-state index contributed by atoms with van der Waals surface area (Å²) in [7, 11) is 6.40. The maximum atomic E-state index is 13.3. The number of hydrogen-bond acceptors (Lipinski definition) is 21. The highest BCUT2D eigenvalue weighted by Gasteiger charge is 2.67. The van der Waals surface area contributed by atoms with Crippen molar-refractivity contribution in [1.82, 2.24) is 15.5 Å². The number of likely N-dealkylation sites (N-methyl/N-ethyl adjacent to an activating group) is 3. The van der Waals surface area contributed by atoms with E-state index in [1.807, 2.05) is 7.05 Å². The lowest BCUT2D eigenvalue weighted by atomic mass is 9.56. The van der Waals surface area contributed by atoms with Crippen LogP contribution in [0, 0.1) is 11.8 Å². The van der Waals surface area contributed by atoms with Gasteiger partial charge in [0.2, 0.25) is 5.78 Å². The standard InChI is InChI=1S/C22H22N2O8.C20H41N5O7/c1-7-8-5-4-6-9(25)11(8)16(26)12-10(7)17(27)14-15(24(2)3)18(28)13(21(23)31)20(30)22(14,32)19(12)29;1-20(28)8-29-19(14(27)17(20)25-3)32-16-12(23)6-11(22)15(13(16)26)31-18-10(21)5-4-9(30-18)7-24-2/h4-6,10,14-15,17,25,27-29,32H,1H2,2-3H3,(H2,23,31);9-19,24-28H,4-8,21-23H2,1-3H3/t10-,14-,15+,17+,22+;9-,10+,11-,12+,13-,14+,15+,16-,17+,18+,19+,20-/m10/s1. The summed E-state index contributed by atoms with van der Waals surface area (Å²) in [4.78, 5) is 39.7. The molecule has 356 valence electrons. The number of aliphatic hydroxyl groups excluding tert-OH is 5. The van der Waals surface area contributed by atoms with Crippen molar-refractivity contribution in [2.45, 2.75) is 117 Å². The maximum Gasteiger partial charge on any atom is 0.255 e. The summed E-state index contributed by atoms with van der Waals surface area (Å²) in [5.41, 5.74) is 18.5. The van der Waals surface area contributed by atoms with Crippen LogP contribution in [-0.2, 0) is 28.5 Å². The van der Waals surface area contributed by atoms with E-state index in [1.165, 1.54) is 37.2 Å². The predicted octanol–water partition coefficient (Wildman–Crippen LogP) is -4.15. The third kappa shape index (κ3) is 8.39. The molecule has 2 saturated heterocycles. The van der Waals surface area contributed by atoms with E-state index in [1.54, 1.807) is 14.0 Å². The number of rotatable bonds is 9. The number of carbonyl (C=O) groups excluding carboxylic acids is 3. The molecule has 6 aliphatic rings. The minimum atomic E-state index is -2.94. The Balaban J connectivity index is 0.000000213. The third-order valence-electron chi connectivity index (χ3n) is 13.3. The molecule has 1 saturated carbocycles. The van der Waals surface area contributed by atoms with Gasteiger partial charge in [0, 0.05) is 24.5 Å². The van der Waals surface area contributed by atoms with Crippen molar-refractivity contribution < 1.29 is 74.2 Å². The van der Waals surface area contributed by atoms with E-state index >= 15 is 0 Å². The number of hydrogen-bond donors (Lipinski definition) is 14. The summed E-state index contributed by atoms with van der Waals surface area (Å²) in [6, 6.07) is 0.727. The van der Waals surface area contributed by atoms with E-state index in [0.29, 0.717) is 13.0 Å². The number of phenols is 1. The van der Waals surface area contributed by atoms with Crippen molar-refractivity contribution in [2.24, 2.45) is 34.8 Å². The summed E-state index contributed by atoms with van der Waals surface area (Å²) in [5.74, 6) is -8.77.